The molecule has 0 bridgehead atoms. The van der Waals surface area contributed by atoms with Crippen molar-refractivity contribution in [2.45, 2.75) is 66.0 Å². The Balaban J connectivity index is 0.000000261. The van der Waals surface area contributed by atoms with Gasteiger partial charge in [-0.3, -0.25) is 0 Å². The molecule has 3 aromatic rings. The Morgan fingerprint density at radius 2 is 1.07 bits per heavy atom. The summed E-state index contributed by atoms with van der Waals surface area (Å²) in [5.41, 5.74) is 15.5. The van der Waals surface area contributed by atoms with E-state index < -0.39 is 20.0 Å². The highest BCUT2D eigenvalue weighted by atomic mass is 32.2. The normalized spacial score (nSPS) is 15.2. The molecule has 0 atom stereocenters. The molecule has 2 aliphatic rings. The average Bonchev–Trinajstić information content (AvgIpc) is 3.13. The molecular formula is C39H54N8O8S2. The van der Waals surface area contributed by atoms with E-state index >= 15 is 0 Å². The van der Waals surface area contributed by atoms with Gasteiger partial charge in [0.2, 0.25) is 0 Å². The Hall–Kier alpha value is -5.36. The highest BCUT2D eigenvalue weighted by Crippen LogP contribution is 2.31. The summed E-state index contributed by atoms with van der Waals surface area (Å²) in [5.74, 6) is 0.445. The van der Waals surface area contributed by atoms with Crippen molar-refractivity contribution in [3.8, 4) is 11.5 Å². The van der Waals surface area contributed by atoms with Gasteiger partial charge in [-0.15, -0.1) is 8.80 Å². The van der Waals surface area contributed by atoms with E-state index in [-0.39, 0.29) is 46.1 Å². The number of rotatable bonds is 14. The molecule has 16 nitrogen and oxygen atoms in total. The van der Waals surface area contributed by atoms with Gasteiger partial charge in [0.1, 0.15) is 23.2 Å². The van der Waals surface area contributed by atoms with Gasteiger partial charge in [0.25, 0.3) is 20.0 Å². The molecule has 5 rings (SSSR count). The van der Waals surface area contributed by atoms with Crippen LogP contribution in [0.15, 0.2) is 69.5 Å². The first kappa shape index (κ1) is 44.4. The molecular weight excluding hydrogens is 773 g/mol. The number of fused-ring (bicyclic) bond motifs is 2. The Bertz CT molecular complexity index is 2200. The summed E-state index contributed by atoms with van der Waals surface area (Å²) < 4.78 is 66.0. The molecule has 0 saturated carbocycles. The van der Waals surface area contributed by atoms with Crippen LogP contribution in [0, 0.1) is 10.8 Å². The minimum absolute atomic E-state index is 0.0601. The number of hydrogen-bond donors (Lipinski definition) is 6. The molecule has 0 aromatic heterocycles. The van der Waals surface area contributed by atoms with Crippen molar-refractivity contribution in [3.63, 3.8) is 0 Å². The third kappa shape index (κ3) is 13.4. The summed E-state index contributed by atoms with van der Waals surface area (Å²) in [7, 11) is -7.18. The van der Waals surface area contributed by atoms with E-state index in [0.717, 1.165) is 12.0 Å². The first-order valence-electron chi connectivity index (χ1n) is 18.5. The SMILES string of the molecule is CCNC(=O)NCC(C)(C)COc1cccc2c1C(N)=NS(=O)(=O)C2.CCc1ccc(CNC(=O)NCC(C)(C)COc2cccc3c2C(N)=NS(=O)(=O)C3)cc1. The summed E-state index contributed by atoms with van der Waals surface area (Å²) in [6.45, 7) is 14.2. The van der Waals surface area contributed by atoms with Gasteiger partial charge in [0.15, 0.2) is 0 Å². The quantitative estimate of drug-likeness (QED) is 0.138. The minimum atomic E-state index is -3.60. The third-order valence-corrected chi connectivity index (χ3v) is 11.1. The smallest absolute Gasteiger partial charge is 0.315 e. The van der Waals surface area contributed by atoms with Crippen molar-refractivity contribution in [3.05, 3.63) is 94.0 Å². The molecule has 0 fully saturated rings. The number of sulfonamides is 2. The van der Waals surface area contributed by atoms with Gasteiger partial charge in [-0.05, 0) is 47.7 Å². The second-order valence-corrected chi connectivity index (χ2v) is 18.6. The van der Waals surface area contributed by atoms with Crippen molar-refractivity contribution < 1.29 is 35.9 Å². The van der Waals surface area contributed by atoms with E-state index in [1.54, 1.807) is 36.4 Å². The van der Waals surface area contributed by atoms with Crippen molar-refractivity contribution in [2.75, 3.05) is 32.8 Å². The van der Waals surface area contributed by atoms with Crippen molar-refractivity contribution in [1.82, 2.24) is 21.3 Å². The monoisotopic (exact) mass is 826 g/mol. The zero-order valence-corrected chi connectivity index (χ0v) is 34.9. The van der Waals surface area contributed by atoms with Crippen LogP contribution in [0.25, 0.3) is 0 Å². The summed E-state index contributed by atoms with van der Waals surface area (Å²) >= 11 is 0. The fraction of sp³-hybridized carbons (Fsp3) is 0.436. The van der Waals surface area contributed by atoms with E-state index in [1.165, 1.54) is 5.56 Å². The molecule has 8 N–H and O–H groups in total. The van der Waals surface area contributed by atoms with E-state index in [2.05, 4.69) is 49.1 Å². The lowest BCUT2D eigenvalue weighted by Gasteiger charge is -2.26. The molecule has 0 saturated heterocycles. The molecule has 0 unspecified atom stereocenters. The maximum atomic E-state index is 12.2. The van der Waals surface area contributed by atoms with E-state index in [0.29, 0.717) is 73.1 Å². The van der Waals surface area contributed by atoms with Crippen LogP contribution in [-0.4, -0.2) is 73.4 Å². The van der Waals surface area contributed by atoms with Crippen LogP contribution in [-0.2, 0) is 44.5 Å². The predicted molar refractivity (Wildman–Crippen MR) is 221 cm³/mol. The fourth-order valence-electron chi connectivity index (χ4n) is 5.71. The maximum Gasteiger partial charge on any atom is 0.315 e. The Morgan fingerprint density at radius 3 is 1.49 bits per heavy atom. The molecule has 2 aliphatic heterocycles. The van der Waals surface area contributed by atoms with Gasteiger partial charge in [-0.25, -0.2) is 26.4 Å². The number of carbonyl (C=O) groups excluding carboxylic acids is 2. The Morgan fingerprint density at radius 1 is 0.649 bits per heavy atom. The van der Waals surface area contributed by atoms with Gasteiger partial charge in [0, 0.05) is 37.0 Å². The summed E-state index contributed by atoms with van der Waals surface area (Å²) in [6, 6.07) is 18.0. The van der Waals surface area contributed by atoms with Crippen LogP contribution in [0.1, 0.15) is 74.9 Å². The average molecular weight is 827 g/mol. The van der Waals surface area contributed by atoms with Crippen molar-refractivity contribution in [1.29, 1.82) is 0 Å². The number of hydrogen-bond acceptors (Lipinski definition) is 10. The number of benzene rings is 3. The van der Waals surface area contributed by atoms with Gasteiger partial charge < -0.3 is 42.2 Å². The van der Waals surface area contributed by atoms with E-state index in [1.807, 2.05) is 46.8 Å². The number of nitrogens with two attached hydrogens (primary N) is 2. The molecule has 3 aromatic carbocycles. The maximum absolute atomic E-state index is 12.2. The van der Waals surface area contributed by atoms with Crippen LogP contribution in [0.2, 0.25) is 0 Å². The zero-order chi connectivity index (χ0) is 42.0. The number of aryl methyl sites for hydroxylation is 1. The number of amides is 4. The molecule has 57 heavy (non-hydrogen) atoms. The summed E-state index contributed by atoms with van der Waals surface area (Å²) in [6.07, 6.45) is 0.982. The third-order valence-electron chi connectivity index (χ3n) is 8.80. The number of urea groups is 2. The Kier molecular flexibility index (Phi) is 14.6. The minimum Gasteiger partial charge on any atom is -0.492 e. The van der Waals surface area contributed by atoms with Crippen molar-refractivity contribution in [2.24, 2.45) is 31.1 Å². The fourth-order valence-corrected chi connectivity index (χ4v) is 7.89. The number of nitrogens with zero attached hydrogens (tertiary/aromatic N) is 2. The molecule has 0 spiro atoms. The first-order chi connectivity index (χ1) is 26.7. The van der Waals surface area contributed by atoms with E-state index in [4.69, 9.17) is 20.9 Å². The molecule has 18 heteroatoms. The second kappa shape index (κ2) is 18.7. The first-order valence-corrected chi connectivity index (χ1v) is 21.7. The van der Waals surface area contributed by atoms with Crippen molar-refractivity contribution >= 4 is 43.8 Å². The van der Waals surface area contributed by atoms with Crippen LogP contribution in [0.3, 0.4) is 0 Å². The molecule has 310 valence electrons. The highest BCUT2D eigenvalue weighted by Gasteiger charge is 2.28. The lowest BCUT2D eigenvalue weighted by atomic mass is 9.95. The van der Waals surface area contributed by atoms with Gasteiger partial charge >= 0.3 is 12.1 Å². The summed E-state index contributed by atoms with van der Waals surface area (Å²) in [5, 5.41) is 11.2. The number of amidine groups is 2. The Labute approximate surface area is 335 Å². The largest absolute Gasteiger partial charge is 0.492 e. The van der Waals surface area contributed by atoms with Crippen LogP contribution < -0.4 is 42.2 Å². The number of ether oxygens (including phenoxy) is 2. The highest BCUT2D eigenvalue weighted by molar-refractivity contribution is 7.89. The second-order valence-electron chi connectivity index (χ2n) is 15.3. The van der Waals surface area contributed by atoms with Crippen LogP contribution in [0.4, 0.5) is 9.59 Å². The standard InChI is InChI=1S/C23H30N4O4S.C16H24N4O4S/c1-4-16-8-10-17(11-9-16)12-25-22(28)26-14-23(2,3)15-31-19-7-5-6-18-13-32(29,30)27-21(24)20(18)19;1-4-18-15(21)19-9-16(2,3)10-24-12-7-5-6-11-8-25(22,23)20-14(17)13(11)12/h5-11H,4,12-15H2,1-3H3,(H2,24,27)(H2,25,26,28);5-7H,4,8-10H2,1-3H3,(H2,17,20)(H2,18,19,21). The van der Waals surface area contributed by atoms with Crippen LogP contribution >= 0.6 is 0 Å². The van der Waals surface area contributed by atoms with E-state index in [9.17, 15) is 26.4 Å². The zero-order valence-electron chi connectivity index (χ0n) is 33.3. The molecule has 2 heterocycles. The molecule has 0 aliphatic carbocycles. The van der Waals surface area contributed by atoms with Gasteiger partial charge in [0.05, 0.1) is 35.8 Å². The molecule has 0 radical (unpaired) electrons. The van der Waals surface area contributed by atoms with Crippen LogP contribution in [0.5, 0.6) is 11.5 Å². The lowest BCUT2D eigenvalue weighted by molar-refractivity contribution is 0.174. The molecule has 4 amide bonds. The number of nitrogens with one attached hydrogen (secondary N) is 4. The predicted octanol–water partition coefficient (Wildman–Crippen LogP) is 3.66. The lowest BCUT2D eigenvalue weighted by Crippen LogP contribution is -2.42. The number of carbonyl (C=O) groups is 2. The van der Waals surface area contributed by atoms with Gasteiger partial charge in [-0.2, -0.15) is 0 Å². The topological polar surface area (TPSA) is 246 Å². The summed E-state index contributed by atoms with van der Waals surface area (Å²) in [4.78, 5) is 23.7. The van der Waals surface area contributed by atoms with Gasteiger partial charge in [-0.1, -0.05) is 83.1 Å².